The fourth-order valence-electron chi connectivity index (χ4n) is 1.97. The van der Waals surface area contributed by atoms with Gasteiger partial charge in [-0.25, -0.2) is 4.98 Å². The fourth-order valence-corrected chi connectivity index (χ4v) is 1.97. The average molecular weight is 218 g/mol. The minimum Gasteiger partial charge on any atom is -0.380 e. The largest absolute Gasteiger partial charge is 0.380 e. The zero-order valence-corrected chi connectivity index (χ0v) is 8.97. The van der Waals surface area contributed by atoms with Crippen molar-refractivity contribution in [3.05, 3.63) is 30.5 Å². The monoisotopic (exact) mass is 218 g/mol. The van der Waals surface area contributed by atoms with Crippen molar-refractivity contribution in [3.63, 3.8) is 0 Å². The van der Waals surface area contributed by atoms with E-state index in [2.05, 4.69) is 19.7 Å². The predicted molar refractivity (Wildman–Crippen MR) is 59.1 cm³/mol. The van der Waals surface area contributed by atoms with Crippen LogP contribution in [0, 0.1) is 0 Å². The molecule has 0 amide bonds. The van der Waals surface area contributed by atoms with Crippen LogP contribution in [0.4, 0.5) is 0 Å². The van der Waals surface area contributed by atoms with Crippen LogP contribution in [0.3, 0.4) is 0 Å². The highest BCUT2D eigenvalue weighted by Gasteiger charge is 2.15. The summed E-state index contributed by atoms with van der Waals surface area (Å²) < 4.78 is 7.37. The molecular weight excluding hydrogens is 204 g/mol. The lowest BCUT2D eigenvalue weighted by molar-refractivity contribution is 0.189. The number of nitrogens with one attached hydrogen (secondary N) is 1. The Morgan fingerprint density at radius 2 is 2.50 bits per heavy atom. The van der Waals surface area contributed by atoms with Gasteiger partial charge in [0.1, 0.15) is 0 Å². The van der Waals surface area contributed by atoms with Crippen LogP contribution in [0.2, 0.25) is 0 Å². The molecule has 0 aromatic carbocycles. The van der Waals surface area contributed by atoms with Gasteiger partial charge in [0.2, 0.25) is 0 Å². The molecule has 5 nitrogen and oxygen atoms in total. The Morgan fingerprint density at radius 1 is 1.50 bits per heavy atom. The maximum atomic E-state index is 5.32. The molecule has 1 aliphatic heterocycles. The van der Waals surface area contributed by atoms with E-state index in [1.165, 1.54) is 0 Å². The molecule has 1 unspecified atom stereocenters. The van der Waals surface area contributed by atoms with Crippen molar-refractivity contribution in [1.29, 1.82) is 0 Å². The van der Waals surface area contributed by atoms with Crippen molar-refractivity contribution in [2.24, 2.45) is 0 Å². The number of ether oxygens (including phenoxy) is 1. The van der Waals surface area contributed by atoms with Gasteiger partial charge in [-0.15, -0.1) is 0 Å². The van der Waals surface area contributed by atoms with Crippen molar-refractivity contribution >= 4 is 5.65 Å². The van der Waals surface area contributed by atoms with Crippen LogP contribution in [-0.2, 0) is 11.3 Å². The molecule has 0 radical (unpaired) electrons. The van der Waals surface area contributed by atoms with E-state index in [0.717, 1.165) is 37.5 Å². The zero-order valence-electron chi connectivity index (χ0n) is 8.97. The van der Waals surface area contributed by atoms with Gasteiger partial charge in [-0.2, -0.15) is 0 Å². The quantitative estimate of drug-likeness (QED) is 0.820. The second-order valence-electron chi connectivity index (χ2n) is 4.00. The van der Waals surface area contributed by atoms with Crippen LogP contribution >= 0.6 is 0 Å². The van der Waals surface area contributed by atoms with Crippen LogP contribution in [0.25, 0.3) is 5.65 Å². The summed E-state index contributed by atoms with van der Waals surface area (Å²) in [7, 11) is 0. The number of imidazole rings is 1. The molecule has 16 heavy (non-hydrogen) atoms. The topological polar surface area (TPSA) is 51.5 Å². The van der Waals surface area contributed by atoms with E-state index >= 15 is 0 Å². The molecule has 0 bridgehead atoms. The molecule has 0 saturated carbocycles. The minimum atomic E-state index is 0.479. The molecule has 1 fully saturated rings. The first-order chi connectivity index (χ1) is 7.93. The van der Waals surface area contributed by atoms with Gasteiger partial charge in [-0.1, -0.05) is 0 Å². The first-order valence-electron chi connectivity index (χ1n) is 5.50. The molecular formula is C11H14N4O. The lowest BCUT2D eigenvalue weighted by Gasteiger charge is -2.09. The lowest BCUT2D eigenvalue weighted by atomic mass is 10.2. The van der Waals surface area contributed by atoms with Crippen LogP contribution in [0.1, 0.15) is 12.1 Å². The molecule has 2 aromatic heterocycles. The number of nitrogens with zero attached hydrogens (tertiary/aromatic N) is 3. The zero-order chi connectivity index (χ0) is 10.8. The summed E-state index contributed by atoms with van der Waals surface area (Å²) in [6, 6.07) is 0.479. The van der Waals surface area contributed by atoms with Crippen LogP contribution in [0.15, 0.2) is 24.8 Å². The van der Waals surface area contributed by atoms with E-state index in [4.69, 9.17) is 4.74 Å². The first-order valence-corrected chi connectivity index (χ1v) is 5.50. The smallest absolute Gasteiger partial charge is 0.155 e. The SMILES string of the molecule is c1cn2c(CNC3CCOC3)cnc2cn1. The van der Waals surface area contributed by atoms with Crippen molar-refractivity contribution in [2.45, 2.75) is 19.0 Å². The second-order valence-corrected chi connectivity index (χ2v) is 4.00. The number of hydrogen-bond donors (Lipinski definition) is 1. The van der Waals surface area contributed by atoms with E-state index in [0.29, 0.717) is 6.04 Å². The Labute approximate surface area is 93.5 Å². The normalized spacial score (nSPS) is 20.6. The average Bonchev–Trinajstić information content (AvgIpc) is 2.96. The summed E-state index contributed by atoms with van der Waals surface area (Å²) in [4.78, 5) is 8.33. The molecule has 3 rings (SSSR count). The van der Waals surface area contributed by atoms with E-state index in [9.17, 15) is 0 Å². The molecule has 84 valence electrons. The lowest BCUT2D eigenvalue weighted by Crippen LogP contribution is -2.29. The van der Waals surface area contributed by atoms with Gasteiger partial charge in [0.15, 0.2) is 5.65 Å². The first kappa shape index (κ1) is 9.74. The molecule has 0 spiro atoms. The van der Waals surface area contributed by atoms with Gasteiger partial charge in [0.05, 0.1) is 24.7 Å². The van der Waals surface area contributed by atoms with Crippen LogP contribution < -0.4 is 5.32 Å². The van der Waals surface area contributed by atoms with E-state index in [-0.39, 0.29) is 0 Å². The molecule has 5 heteroatoms. The van der Waals surface area contributed by atoms with Crippen molar-refractivity contribution in [2.75, 3.05) is 13.2 Å². The fraction of sp³-hybridized carbons (Fsp3) is 0.455. The molecule has 0 aliphatic carbocycles. The summed E-state index contributed by atoms with van der Waals surface area (Å²) in [6.45, 7) is 2.51. The van der Waals surface area contributed by atoms with Crippen molar-refractivity contribution < 1.29 is 4.74 Å². The standard InChI is InChI=1S/C11H14N4O/c1-4-16-8-9(1)13-5-10-6-14-11-7-12-2-3-15(10)11/h2-3,6-7,9,13H,1,4-5,8H2. The molecule has 1 atom stereocenters. The Balaban J connectivity index is 1.73. The Bertz CT molecular complexity index is 476. The summed E-state index contributed by atoms with van der Waals surface area (Å²) in [5.74, 6) is 0. The summed E-state index contributed by atoms with van der Waals surface area (Å²) >= 11 is 0. The van der Waals surface area contributed by atoms with Gasteiger partial charge in [0, 0.05) is 31.6 Å². The number of aromatic nitrogens is 3. The Hall–Kier alpha value is -1.46. The highest BCUT2D eigenvalue weighted by atomic mass is 16.5. The van der Waals surface area contributed by atoms with Crippen LogP contribution in [-0.4, -0.2) is 33.6 Å². The van der Waals surface area contributed by atoms with E-state index < -0.39 is 0 Å². The van der Waals surface area contributed by atoms with Crippen LogP contribution in [0.5, 0.6) is 0 Å². The number of hydrogen-bond acceptors (Lipinski definition) is 4. The van der Waals surface area contributed by atoms with E-state index in [1.807, 2.05) is 12.4 Å². The predicted octanol–water partition coefficient (Wildman–Crippen LogP) is 0.608. The van der Waals surface area contributed by atoms with Crippen molar-refractivity contribution in [3.8, 4) is 0 Å². The molecule has 3 heterocycles. The van der Waals surface area contributed by atoms with Gasteiger partial charge in [0.25, 0.3) is 0 Å². The molecule has 1 saturated heterocycles. The Kier molecular flexibility index (Phi) is 2.55. The van der Waals surface area contributed by atoms with Gasteiger partial charge < -0.3 is 10.1 Å². The highest BCUT2D eigenvalue weighted by molar-refractivity contribution is 5.36. The summed E-state index contributed by atoms with van der Waals surface area (Å²) in [5, 5.41) is 3.47. The minimum absolute atomic E-state index is 0.479. The summed E-state index contributed by atoms with van der Waals surface area (Å²) in [6.07, 6.45) is 8.46. The summed E-state index contributed by atoms with van der Waals surface area (Å²) in [5.41, 5.74) is 2.05. The third kappa shape index (κ3) is 1.79. The third-order valence-electron chi connectivity index (χ3n) is 2.90. The number of fused-ring (bicyclic) bond motifs is 1. The molecule has 1 N–H and O–H groups in total. The second kappa shape index (κ2) is 4.19. The van der Waals surface area contributed by atoms with E-state index in [1.54, 1.807) is 12.4 Å². The highest BCUT2D eigenvalue weighted by Crippen LogP contribution is 2.07. The number of rotatable bonds is 3. The Morgan fingerprint density at radius 3 is 3.38 bits per heavy atom. The molecule has 2 aromatic rings. The van der Waals surface area contributed by atoms with Gasteiger partial charge >= 0.3 is 0 Å². The maximum Gasteiger partial charge on any atom is 0.155 e. The van der Waals surface area contributed by atoms with Gasteiger partial charge in [-0.3, -0.25) is 9.38 Å². The van der Waals surface area contributed by atoms with Crippen molar-refractivity contribution in [1.82, 2.24) is 19.7 Å². The third-order valence-corrected chi connectivity index (χ3v) is 2.90. The molecule has 1 aliphatic rings. The maximum absolute atomic E-state index is 5.32. The van der Waals surface area contributed by atoms with Gasteiger partial charge in [-0.05, 0) is 6.42 Å².